The van der Waals surface area contributed by atoms with Crippen LogP contribution in [0.25, 0.3) is 4.96 Å². The van der Waals surface area contributed by atoms with E-state index in [4.69, 9.17) is 5.11 Å². The summed E-state index contributed by atoms with van der Waals surface area (Å²) in [5, 5.41) is 42.4. The fourth-order valence-electron chi connectivity index (χ4n) is 2.48. The third-order valence-electron chi connectivity index (χ3n) is 3.79. The SMILES string of the molecule is O=C(N[C@@H](Cc1cccc(C(=O)O)c1O)B(O)O)c1cn2ccsc2n1. The number of aromatic carboxylic acids is 1. The molecule has 3 aromatic rings. The van der Waals surface area contributed by atoms with Crippen molar-refractivity contribution < 1.29 is 29.9 Å². The van der Waals surface area contributed by atoms with Gasteiger partial charge in [0, 0.05) is 17.8 Å². The van der Waals surface area contributed by atoms with Crippen molar-refractivity contribution in [2.45, 2.75) is 12.4 Å². The van der Waals surface area contributed by atoms with E-state index in [1.54, 1.807) is 10.6 Å². The summed E-state index contributed by atoms with van der Waals surface area (Å²) < 4.78 is 1.66. The van der Waals surface area contributed by atoms with Crippen LogP contribution in [0.15, 0.2) is 36.0 Å². The fourth-order valence-corrected chi connectivity index (χ4v) is 3.18. The molecule has 2 heterocycles. The maximum atomic E-state index is 12.3. The van der Waals surface area contributed by atoms with Crippen LogP contribution in [0.2, 0.25) is 0 Å². The Morgan fingerprint density at radius 1 is 1.35 bits per heavy atom. The molecule has 0 bridgehead atoms. The molecule has 0 fully saturated rings. The number of hydrogen-bond acceptors (Lipinski definition) is 7. The molecule has 0 radical (unpaired) electrons. The van der Waals surface area contributed by atoms with Gasteiger partial charge in [0.15, 0.2) is 4.96 Å². The number of para-hydroxylation sites is 1. The zero-order chi connectivity index (χ0) is 18.8. The van der Waals surface area contributed by atoms with Crippen molar-refractivity contribution in [3.8, 4) is 5.75 Å². The average molecular weight is 375 g/mol. The van der Waals surface area contributed by atoms with Gasteiger partial charge in [0.1, 0.15) is 17.0 Å². The van der Waals surface area contributed by atoms with Crippen molar-refractivity contribution in [1.29, 1.82) is 0 Å². The number of carboxylic acid groups (broad SMARTS) is 1. The molecule has 0 unspecified atom stereocenters. The maximum absolute atomic E-state index is 12.3. The molecule has 0 aliphatic rings. The van der Waals surface area contributed by atoms with Gasteiger partial charge in [-0.25, -0.2) is 9.78 Å². The number of aromatic nitrogens is 2. The topological polar surface area (TPSA) is 144 Å². The monoisotopic (exact) mass is 375 g/mol. The van der Waals surface area contributed by atoms with E-state index < -0.39 is 30.7 Å². The number of carbonyl (C=O) groups is 2. The fraction of sp³-hybridized carbons (Fsp3) is 0.133. The number of carbonyl (C=O) groups excluding carboxylic acids is 1. The minimum Gasteiger partial charge on any atom is -0.507 e. The number of imidazole rings is 1. The van der Waals surface area contributed by atoms with Crippen LogP contribution in [0, 0.1) is 0 Å². The lowest BCUT2D eigenvalue weighted by Crippen LogP contribution is -2.48. The van der Waals surface area contributed by atoms with Crippen molar-refractivity contribution >= 4 is 35.3 Å². The second kappa shape index (κ2) is 7.16. The highest BCUT2D eigenvalue weighted by molar-refractivity contribution is 7.15. The Hall–Kier alpha value is -2.89. The van der Waals surface area contributed by atoms with Crippen LogP contribution in [0.1, 0.15) is 26.4 Å². The zero-order valence-electron chi connectivity index (χ0n) is 13.2. The van der Waals surface area contributed by atoms with E-state index in [1.807, 2.05) is 5.38 Å². The molecule has 26 heavy (non-hydrogen) atoms. The maximum Gasteiger partial charge on any atom is 0.475 e. The normalized spacial score (nSPS) is 12.1. The van der Waals surface area contributed by atoms with Crippen molar-refractivity contribution in [2.75, 3.05) is 0 Å². The van der Waals surface area contributed by atoms with Gasteiger partial charge < -0.3 is 25.6 Å². The summed E-state index contributed by atoms with van der Waals surface area (Å²) in [7, 11) is -1.92. The van der Waals surface area contributed by atoms with Gasteiger partial charge in [0.05, 0.1) is 5.94 Å². The minimum atomic E-state index is -1.92. The summed E-state index contributed by atoms with van der Waals surface area (Å²) in [6, 6.07) is 4.09. The van der Waals surface area contributed by atoms with Crippen LogP contribution in [-0.4, -0.2) is 54.6 Å². The first-order chi connectivity index (χ1) is 12.4. The number of phenols is 1. The summed E-state index contributed by atoms with van der Waals surface area (Å²) >= 11 is 1.34. The molecule has 1 atom stereocenters. The lowest BCUT2D eigenvalue weighted by Gasteiger charge is -2.18. The molecular formula is C15H14BN3O6S. The zero-order valence-corrected chi connectivity index (χ0v) is 14.1. The predicted molar refractivity (Wildman–Crippen MR) is 93.3 cm³/mol. The summed E-state index contributed by atoms with van der Waals surface area (Å²) in [5.74, 6) is -3.58. The van der Waals surface area contributed by atoms with Gasteiger partial charge >= 0.3 is 13.1 Å². The molecule has 3 rings (SSSR count). The van der Waals surface area contributed by atoms with Gasteiger partial charge in [-0.15, -0.1) is 11.3 Å². The number of nitrogens with zero attached hydrogens (tertiary/aromatic N) is 2. The minimum absolute atomic E-state index is 0.103. The Morgan fingerprint density at radius 3 is 2.77 bits per heavy atom. The number of hydrogen-bond donors (Lipinski definition) is 5. The number of amides is 1. The van der Waals surface area contributed by atoms with Crippen LogP contribution in [0.4, 0.5) is 0 Å². The van der Waals surface area contributed by atoms with Crippen LogP contribution in [0.5, 0.6) is 5.75 Å². The number of fused-ring (bicyclic) bond motifs is 1. The van der Waals surface area contributed by atoms with Gasteiger partial charge in [-0.3, -0.25) is 9.20 Å². The molecule has 1 aromatic carbocycles. The lowest BCUT2D eigenvalue weighted by atomic mass is 9.75. The highest BCUT2D eigenvalue weighted by Gasteiger charge is 2.28. The van der Waals surface area contributed by atoms with Crippen LogP contribution in [-0.2, 0) is 6.42 Å². The summed E-state index contributed by atoms with van der Waals surface area (Å²) in [6.45, 7) is 0. The molecule has 134 valence electrons. The molecule has 0 saturated heterocycles. The van der Waals surface area contributed by atoms with E-state index in [1.165, 1.54) is 35.7 Å². The number of carboxylic acids is 1. The second-order valence-corrected chi connectivity index (χ2v) is 6.41. The summed E-state index contributed by atoms with van der Waals surface area (Å²) in [6.07, 6.45) is 3.06. The van der Waals surface area contributed by atoms with E-state index in [-0.39, 0.29) is 23.2 Å². The van der Waals surface area contributed by atoms with Crippen molar-refractivity contribution in [1.82, 2.24) is 14.7 Å². The molecule has 9 nitrogen and oxygen atoms in total. The number of rotatable bonds is 6. The molecule has 0 saturated carbocycles. The molecule has 1 amide bonds. The predicted octanol–water partition coefficient (Wildman–Crippen LogP) is 0.153. The Morgan fingerprint density at radius 2 is 2.12 bits per heavy atom. The standard InChI is InChI=1S/C15H14BN3O6S/c20-12-8(2-1-3-9(12)14(22)23)6-11(16(24)25)18-13(21)10-7-19-4-5-26-15(19)17-10/h1-5,7,11,20,24-25H,6H2,(H,18,21)(H,22,23)/t11-/m0/s1. The van der Waals surface area contributed by atoms with E-state index in [9.17, 15) is 24.7 Å². The quantitative estimate of drug-likeness (QED) is 0.386. The van der Waals surface area contributed by atoms with Gasteiger partial charge in [-0.1, -0.05) is 12.1 Å². The van der Waals surface area contributed by atoms with Crippen LogP contribution in [0.3, 0.4) is 0 Å². The summed E-state index contributed by atoms with van der Waals surface area (Å²) in [4.78, 5) is 28.1. The van der Waals surface area contributed by atoms with Crippen molar-refractivity contribution in [3.63, 3.8) is 0 Å². The molecule has 5 N–H and O–H groups in total. The Bertz CT molecular complexity index is 941. The highest BCUT2D eigenvalue weighted by Crippen LogP contribution is 2.24. The molecule has 0 spiro atoms. The van der Waals surface area contributed by atoms with Gasteiger partial charge in [0.25, 0.3) is 5.91 Å². The first kappa shape index (κ1) is 17.9. The van der Waals surface area contributed by atoms with Crippen LogP contribution >= 0.6 is 11.3 Å². The largest absolute Gasteiger partial charge is 0.507 e. The lowest BCUT2D eigenvalue weighted by molar-refractivity contribution is 0.0693. The smallest absolute Gasteiger partial charge is 0.475 e. The van der Waals surface area contributed by atoms with Crippen LogP contribution < -0.4 is 5.32 Å². The summed E-state index contributed by atoms with van der Waals surface area (Å²) in [5.41, 5.74) is -0.0468. The molecule has 0 aliphatic carbocycles. The average Bonchev–Trinajstić information content (AvgIpc) is 3.17. The third-order valence-corrected chi connectivity index (χ3v) is 4.56. The van der Waals surface area contributed by atoms with Gasteiger partial charge in [-0.2, -0.15) is 0 Å². The van der Waals surface area contributed by atoms with E-state index in [2.05, 4.69) is 10.3 Å². The first-order valence-electron chi connectivity index (χ1n) is 7.50. The first-order valence-corrected chi connectivity index (χ1v) is 8.38. The molecule has 2 aromatic heterocycles. The van der Waals surface area contributed by atoms with Crippen molar-refractivity contribution in [2.24, 2.45) is 0 Å². The molecular weight excluding hydrogens is 361 g/mol. The van der Waals surface area contributed by atoms with E-state index >= 15 is 0 Å². The Kier molecular flexibility index (Phi) is 4.93. The van der Waals surface area contributed by atoms with Crippen molar-refractivity contribution in [3.05, 3.63) is 52.8 Å². The Labute approximate surface area is 151 Å². The highest BCUT2D eigenvalue weighted by atomic mass is 32.1. The van der Waals surface area contributed by atoms with E-state index in [0.717, 1.165) is 0 Å². The second-order valence-electron chi connectivity index (χ2n) is 5.54. The third kappa shape index (κ3) is 3.54. The molecule has 11 heteroatoms. The number of nitrogens with one attached hydrogen (secondary N) is 1. The number of aromatic hydroxyl groups is 1. The number of benzene rings is 1. The molecule has 0 aliphatic heterocycles. The Balaban J connectivity index is 1.79. The number of thiazole rings is 1. The van der Waals surface area contributed by atoms with Gasteiger partial charge in [0.2, 0.25) is 0 Å². The van der Waals surface area contributed by atoms with E-state index in [0.29, 0.717) is 4.96 Å². The van der Waals surface area contributed by atoms with Gasteiger partial charge in [-0.05, 0) is 18.1 Å².